The molecule has 0 aromatic heterocycles. The molecule has 17 heavy (non-hydrogen) atoms. The van der Waals surface area contributed by atoms with Gasteiger partial charge in [0.25, 0.3) is 0 Å². The number of nitrogens with one attached hydrogen (secondary N) is 1. The minimum absolute atomic E-state index is 0.739. The van der Waals surface area contributed by atoms with E-state index in [-0.39, 0.29) is 0 Å². The van der Waals surface area contributed by atoms with Crippen molar-refractivity contribution in [2.24, 2.45) is 0 Å². The highest BCUT2D eigenvalue weighted by Gasteiger charge is 2.15. The Morgan fingerprint density at radius 2 is 1.47 bits per heavy atom. The van der Waals surface area contributed by atoms with E-state index in [9.17, 15) is 0 Å². The van der Waals surface area contributed by atoms with Gasteiger partial charge in [-0.05, 0) is 25.7 Å². The van der Waals surface area contributed by atoms with Crippen molar-refractivity contribution in [3.8, 4) is 0 Å². The Morgan fingerprint density at radius 3 is 1.94 bits per heavy atom. The number of hydrogen-bond donors (Lipinski definition) is 1. The van der Waals surface area contributed by atoms with Crippen LogP contribution in [-0.2, 0) is 0 Å². The van der Waals surface area contributed by atoms with Crippen LogP contribution in [-0.4, -0.2) is 12.1 Å². The Morgan fingerprint density at radius 1 is 0.941 bits per heavy atom. The number of unbranched alkanes of at least 4 members (excludes halogenated alkanes) is 4. The zero-order valence-electron chi connectivity index (χ0n) is 11.9. The van der Waals surface area contributed by atoms with Crippen LogP contribution >= 0.6 is 0 Å². The molecule has 0 aromatic carbocycles. The summed E-state index contributed by atoms with van der Waals surface area (Å²) in [7, 11) is 0. The van der Waals surface area contributed by atoms with E-state index in [0.717, 1.165) is 12.1 Å². The van der Waals surface area contributed by atoms with Crippen LogP contribution in [0, 0.1) is 0 Å². The first-order valence-corrected chi connectivity index (χ1v) is 7.77. The van der Waals surface area contributed by atoms with Gasteiger partial charge >= 0.3 is 0 Å². The minimum atomic E-state index is 0.739. The summed E-state index contributed by atoms with van der Waals surface area (Å²) in [4.78, 5) is 0. The summed E-state index contributed by atoms with van der Waals surface area (Å²) in [6, 6.07) is 1.52. The predicted octanol–water partition coefficient (Wildman–Crippen LogP) is 4.82. The van der Waals surface area contributed by atoms with E-state index >= 15 is 0 Å². The van der Waals surface area contributed by atoms with E-state index in [1.807, 2.05) is 0 Å². The molecule has 0 unspecified atom stereocenters. The van der Waals surface area contributed by atoms with Crippen LogP contribution < -0.4 is 5.32 Å². The van der Waals surface area contributed by atoms with Gasteiger partial charge in [-0.3, -0.25) is 0 Å². The Hall–Kier alpha value is -0.300. The van der Waals surface area contributed by atoms with Gasteiger partial charge in [-0.1, -0.05) is 64.5 Å². The fourth-order valence-corrected chi connectivity index (χ4v) is 2.68. The topological polar surface area (TPSA) is 12.0 Å². The summed E-state index contributed by atoms with van der Waals surface area (Å²) in [5, 5.41) is 3.87. The van der Waals surface area contributed by atoms with Gasteiger partial charge in [-0.15, -0.1) is 0 Å². The van der Waals surface area contributed by atoms with Crippen molar-refractivity contribution < 1.29 is 0 Å². The molecule has 1 aliphatic carbocycles. The van der Waals surface area contributed by atoms with Crippen molar-refractivity contribution in [1.29, 1.82) is 0 Å². The molecule has 1 heteroatoms. The average molecular weight is 237 g/mol. The molecule has 0 spiro atoms. The quantitative estimate of drug-likeness (QED) is 0.424. The van der Waals surface area contributed by atoms with E-state index in [1.54, 1.807) is 0 Å². The Balaban J connectivity index is 2.19. The van der Waals surface area contributed by atoms with Crippen molar-refractivity contribution >= 4 is 0 Å². The third-order valence-corrected chi connectivity index (χ3v) is 3.79. The lowest BCUT2D eigenvalue weighted by Crippen LogP contribution is -2.36. The van der Waals surface area contributed by atoms with Crippen LogP contribution in [0.2, 0.25) is 0 Å². The lowest BCUT2D eigenvalue weighted by Gasteiger charge is -2.23. The summed E-state index contributed by atoms with van der Waals surface area (Å²) in [5.74, 6) is 0. The molecule has 0 aromatic rings. The maximum atomic E-state index is 3.87. The highest BCUT2D eigenvalue weighted by Crippen LogP contribution is 2.16. The van der Waals surface area contributed by atoms with E-state index in [0.29, 0.717) is 0 Å². The molecule has 0 saturated heterocycles. The second-order valence-electron chi connectivity index (χ2n) is 5.49. The fourth-order valence-electron chi connectivity index (χ4n) is 2.68. The Labute approximate surface area is 108 Å². The molecule has 0 amide bonds. The van der Waals surface area contributed by atoms with Gasteiger partial charge in [-0.2, -0.15) is 0 Å². The molecule has 0 radical (unpaired) electrons. The molecular formula is C16H31N. The third kappa shape index (κ3) is 6.88. The molecule has 1 nitrogen and oxygen atoms in total. The Bertz CT molecular complexity index is 180. The molecule has 0 saturated carbocycles. The predicted molar refractivity (Wildman–Crippen MR) is 77.4 cm³/mol. The summed E-state index contributed by atoms with van der Waals surface area (Å²) in [6.45, 7) is 4.58. The molecule has 1 N–H and O–H groups in total. The first kappa shape index (κ1) is 14.8. The number of hydrogen-bond acceptors (Lipinski definition) is 1. The third-order valence-electron chi connectivity index (χ3n) is 3.79. The van der Waals surface area contributed by atoms with Gasteiger partial charge in [0, 0.05) is 12.1 Å². The highest BCUT2D eigenvalue weighted by atomic mass is 14.9. The molecule has 0 fully saturated rings. The fraction of sp³-hybridized carbons (Fsp3) is 0.875. The number of rotatable bonds is 10. The van der Waals surface area contributed by atoms with Gasteiger partial charge in [0.15, 0.2) is 0 Å². The van der Waals surface area contributed by atoms with Crippen molar-refractivity contribution in [1.82, 2.24) is 5.32 Å². The van der Waals surface area contributed by atoms with Crippen molar-refractivity contribution in [2.45, 2.75) is 90.1 Å². The van der Waals surface area contributed by atoms with Crippen LogP contribution in [0.15, 0.2) is 12.2 Å². The van der Waals surface area contributed by atoms with E-state index in [1.165, 1.54) is 64.2 Å². The average Bonchev–Trinajstić information content (AvgIpc) is 2.82. The second kappa shape index (κ2) is 9.70. The van der Waals surface area contributed by atoms with Crippen LogP contribution in [0.5, 0.6) is 0 Å². The standard InChI is InChI=1S/C16H31N/c1-3-5-7-11-15(12-8-6-4-2)17-16-13-9-10-14-16/h9-10,15-17H,3-8,11-14H2,1-2H3. The molecule has 0 atom stereocenters. The van der Waals surface area contributed by atoms with E-state index in [4.69, 9.17) is 0 Å². The first-order valence-electron chi connectivity index (χ1n) is 7.77. The zero-order chi connectivity index (χ0) is 12.3. The molecule has 0 heterocycles. The SMILES string of the molecule is CCCCCC(CCCCC)NC1CC=CC1. The molecule has 0 aliphatic heterocycles. The lowest BCUT2D eigenvalue weighted by atomic mass is 10.0. The maximum absolute atomic E-state index is 3.87. The maximum Gasteiger partial charge on any atom is 0.0139 e. The van der Waals surface area contributed by atoms with E-state index in [2.05, 4.69) is 31.3 Å². The summed E-state index contributed by atoms with van der Waals surface area (Å²) >= 11 is 0. The largest absolute Gasteiger partial charge is 0.311 e. The zero-order valence-corrected chi connectivity index (χ0v) is 11.9. The lowest BCUT2D eigenvalue weighted by molar-refractivity contribution is 0.375. The van der Waals surface area contributed by atoms with Gasteiger partial charge in [0.2, 0.25) is 0 Å². The normalized spacial score (nSPS) is 16.2. The minimum Gasteiger partial charge on any atom is -0.311 e. The van der Waals surface area contributed by atoms with Gasteiger partial charge in [0.05, 0.1) is 0 Å². The monoisotopic (exact) mass is 237 g/mol. The molecule has 1 rings (SSSR count). The van der Waals surface area contributed by atoms with Gasteiger partial charge < -0.3 is 5.32 Å². The molecular weight excluding hydrogens is 206 g/mol. The second-order valence-corrected chi connectivity index (χ2v) is 5.49. The highest BCUT2D eigenvalue weighted by molar-refractivity contribution is 4.98. The summed E-state index contributed by atoms with van der Waals surface area (Å²) < 4.78 is 0. The van der Waals surface area contributed by atoms with Gasteiger partial charge in [0.1, 0.15) is 0 Å². The summed E-state index contributed by atoms with van der Waals surface area (Å²) in [5.41, 5.74) is 0. The van der Waals surface area contributed by atoms with Crippen LogP contribution in [0.25, 0.3) is 0 Å². The molecule has 100 valence electrons. The first-order chi connectivity index (χ1) is 8.36. The smallest absolute Gasteiger partial charge is 0.0139 e. The van der Waals surface area contributed by atoms with Crippen molar-refractivity contribution in [3.63, 3.8) is 0 Å². The van der Waals surface area contributed by atoms with Crippen LogP contribution in [0.4, 0.5) is 0 Å². The van der Waals surface area contributed by atoms with Crippen molar-refractivity contribution in [3.05, 3.63) is 12.2 Å². The molecule has 0 bridgehead atoms. The van der Waals surface area contributed by atoms with Crippen LogP contribution in [0.1, 0.15) is 78.1 Å². The van der Waals surface area contributed by atoms with E-state index < -0.39 is 0 Å². The molecule has 1 aliphatic rings. The summed E-state index contributed by atoms with van der Waals surface area (Å²) in [6.07, 6.45) is 18.2. The van der Waals surface area contributed by atoms with Crippen molar-refractivity contribution in [2.75, 3.05) is 0 Å². The Kier molecular flexibility index (Phi) is 8.42. The van der Waals surface area contributed by atoms with Crippen LogP contribution in [0.3, 0.4) is 0 Å². The van der Waals surface area contributed by atoms with Gasteiger partial charge in [-0.25, -0.2) is 0 Å².